The summed E-state index contributed by atoms with van der Waals surface area (Å²) in [6.07, 6.45) is 3.59. The number of thioether (sulfide) groups is 1. The maximum absolute atomic E-state index is 6.09. The molecule has 0 saturated carbocycles. The van der Waals surface area contributed by atoms with Gasteiger partial charge in [0.15, 0.2) is 5.82 Å². The zero-order chi connectivity index (χ0) is 13.2. The Hall–Kier alpha value is -1.11. The highest BCUT2D eigenvalue weighted by molar-refractivity contribution is 7.99. The highest BCUT2D eigenvalue weighted by Crippen LogP contribution is 2.27. The Morgan fingerprint density at radius 1 is 1.47 bits per heavy atom. The average Bonchev–Trinajstić information content (AvgIpc) is 2.86. The summed E-state index contributed by atoms with van der Waals surface area (Å²) in [5.41, 5.74) is 1.71. The average molecular weight is 297 g/mol. The van der Waals surface area contributed by atoms with Crippen LogP contribution in [0.15, 0.2) is 18.5 Å². The van der Waals surface area contributed by atoms with Crippen LogP contribution in [0, 0.1) is 0 Å². The zero-order valence-corrected chi connectivity index (χ0v) is 12.0. The minimum atomic E-state index is -0.0760. The van der Waals surface area contributed by atoms with Gasteiger partial charge in [0, 0.05) is 36.4 Å². The van der Waals surface area contributed by atoms with Crippen LogP contribution < -0.4 is 0 Å². The first kappa shape index (κ1) is 12.9. The summed E-state index contributed by atoms with van der Waals surface area (Å²) in [6, 6.07) is 1.75. The number of ether oxygens (including phenoxy) is 1. The summed E-state index contributed by atoms with van der Waals surface area (Å²) >= 11 is 7.93. The van der Waals surface area contributed by atoms with Crippen LogP contribution in [0.1, 0.15) is 11.9 Å². The van der Waals surface area contributed by atoms with E-state index >= 15 is 0 Å². The van der Waals surface area contributed by atoms with Crippen LogP contribution in [-0.4, -0.2) is 37.9 Å². The molecular formula is C12H13ClN4OS. The third-order valence-corrected chi connectivity index (χ3v) is 4.00. The van der Waals surface area contributed by atoms with Gasteiger partial charge >= 0.3 is 0 Å². The van der Waals surface area contributed by atoms with Gasteiger partial charge in [-0.05, 0) is 0 Å². The van der Waals surface area contributed by atoms with E-state index in [1.807, 2.05) is 25.0 Å². The van der Waals surface area contributed by atoms with Gasteiger partial charge in [-0.2, -0.15) is 16.9 Å². The second kappa shape index (κ2) is 5.48. The Bertz CT molecular complexity index is 583. The van der Waals surface area contributed by atoms with Crippen molar-refractivity contribution in [3.8, 4) is 11.3 Å². The molecule has 19 heavy (non-hydrogen) atoms. The molecule has 100 valence electrons. The molecule has 3 heterocycles. The molecule has 1 aliphatic heterocycles. The fourth-order valence-electron chi connectivity index (χ4n) is 1.92. The van der Waals surface area contributed by atoms with Gasteiger partial charge in [0.05, 0.1) is 18.5 Å². The molecule has 3 rings (SSSR count). The van der Waals surface area contributed by atoms with Crippen molar-refractivity contribution in [2.75, 3.05) is 18.1 Å². The summed E-state index contributed by atoms with van der Waals surface area (Å²) in [5, 5.41) is 4.58. The molecule has 0 amide bonds. The standard InChI is InChI=1S/C12H13ClN4OS/c1-17-6-8(5-14-17)9-4-11(13)16-12(15-9)10-7-19-3-2-18-10/h4-6,10H,2-3,7H2,1H3. The summed E-state index contributed by atoms with van der Waals surface area (Å²) in [7, 11) is 1.87. The number of rotatable bonds is 2. The topological polar surface area (TPSA) is 52.8 Å². The molecule has 7 heteroatoms. The molecular weight excluding hydrogens is 284 g/mol. The number of aromatic nitrogens is 4. The van der Waals surface area contributed by atoms with E-state index in [9.17, 15) is 0 Å². The molecule has 1 fully saturated rings. The predicted molar refractivity (Wildman–Crippen MR) is 75.3 cm³/mol. The van der Waals surface area contributed by atoms with Gasteiger partial charge in [-0.25, -0.2) is 9.97 Å². The fraction of sp³-hybridized carbons (Fsp3) is 0.417. The molecule has 1 aliphatic rings. The monoisotopic (exact) mass is 296 g/mol. The Labute approximate surface area is 120 Å². The SMILES string of the molecule is Cn1cc(-c2cc(Cl)nc(C3CSCCO3)n2)cn1. The van der Waals surface area contributed by atoms with Crippen LogP contribution in [0.2, 0.25) is 5.15 Å². The smallest absolute Gasteiger partial charge is 0.160 e. The van der Waals surface area contributed by atoms with Gasteiger partial charge in [0.2, 0.25) is 0 Å². The fourth-order valence-corrected chi connectivity index (χ4v) is 2.95. The summed E-state index contributed by atoms with van der Waals surface area (Å²) in [5.74, 6) is 2.54. The molecule has 0 N–H and O–H groups in total. The summed E-state index contributed by atoms with van der Waals surface area (Å²) < 4.78 is 7.42. The van der Waals surface area contributed by atoms with Crippen molar-refractivity contribution in [1.82, 2.24) is 19.7 Å². The van der Waals surface area contributed by atoms with Crippen LogP contribution in [-0.2, 0) is 11.8 Å². The number of nitrogens with zero attached hydrogens (tertiary/aromatic N) is 4. The second-order valence-electron chi connectivity index (χ2n) is 4.27. The first-order chi connectivity index (χ1) is 9.22. The molecule has 2 aromatic rings. The Balaban J connectivity index is 1.95. The first-order valence-corrected chi connectivity index (χ1v) is 7.48. The molecule has 0 aliphatic carbocycles. The van der Waals surface area contributed by atoms with Crippen molar-refractivity contribution in [2.45, 2.75) is 6.10 Å². The Morgan fingerprint density at radius 2 is 2.37 bits per heavy atom. The highest BCUT2D eigenvalue weighted by Gasteiger charge is 2.20. The van der Waals surface area contributed by atoms with Crippen LogP contribution in [0.4, 0.5) is 0 Å². The molecule has 1 unspecified atom stereocenters. The Morgan fingerprint density at radius 3 is 3.05 bits per heavy atom. The number of hydrogen-bond acceptors (Lipinski definition) is 5. The third kappa shape index (κ3) is 2.91. The van der Waals surface area contributed by atoms with E-state index in [1.54, 1.807) is 16.9 Å². The van der Waals surface area contributed by atoms with E-state index < -0.39 is 0 Å². The molecule has 5 nitrogen and oxygen atoms in total. The quantitative estimate of drug-likeness (QED) is 0.796. The van der Waals surface area contributed by atoms with Gasteiger partial charge < -0.3 is 4.74 Å². The van der Waals surface area contributed by atoms with E-state index in [4.69, 9.17) is 16.3 Å². The van der Waals surface area contributed by atoms with Crippen molar-refractivity contribution in [3.05, 3.63) is 29.4 Å². The van der Waals surface area contributed by atoms with Crippen LogP contribution in [0.3, 0.4) is 0 Å². The van der Waals surface area contributed by atoms with Gasteiger partial charge in [0.25, 0.3) is 0 Å². The van der Waals surface area contributed by atoms with Crippen LogP contribution in [0.5, 0.6) is 0 Å². The molecule has 2 aromatic heterocycles. The normalized spacial score (nSPS) is 19.6. The largest absolute Gasteiger partial charge is 0.368 e. The number of halogens is 1. The number of aryl methyl sites for hydroxylation is 1. The summed E-state index contributed by atoms with van der Waals surface area (Å²) in [6.45, 7) is 0.730. The van der Waals surface area contributed by atoms with Crippen LogP contribution >= 0.6 is 23.4 Å². The lowest BCUT2D eigenvalue weighted by atomic mass is 10.2. The lowest BCUT2D eigenvalue weighted by Gasteiger charge is -2.21. The second-order valence-corrected chi connectivity index (χ2v) is 5.81. The lowest BCUT2D eigenvalue weighted by molar-refractivity contribution is 0.0695. The summed E-state index contributed by atoms with van der Waals surface area (Å²) in [4.78, 5) is 8.83. The molecule has 0 bridgehead atoms. The highest BCUT2D eigenvalue weighted by atomic mass is 35.5. The van der Waals surface area contributed by atoms with Crippen molar-refractivity contribution < 1.29 is 4.74 Å². The van der Waals surface area contributed by atoms with E-state index in [-0.39, 0.29) is 6.10 Å². The molecule has 1 atom stereocenters. The van der Waals surface area contributed by atoms with Crippen molar-refractivity contribution in [3.63, 3.8) is 0 Å². The van der Waals surface area contributed by atoms with Crippen molar-refractivity contribution in [1.29, 1.82) is 0 Å². The Kier molecular flexibility index (Phi) is 3.72. The molecule has 0 aromatic carbocycles. The first-order valence-electron chi connectivity index (χ1n) is 5.95. The third-order valence-electron chi connectivity index (χ3n) is 2.82. The maximum atomic E-state index is 6.09. The molecule has 0 spiro atoms. The van der Waals surface area contributed by atoms with Gasteiger partial charge in [-0.1, -0.05) is 11.6 Å². The minimum Gasteiger partial charge on any atom is -0.368 e. The van der Waals surface area contributed by atoms with E-state index in [0.29, 0.717) is 11.0 Å². The van der Waals surface area contributed by atoms with Crippen LogP contribution in [0.25, 0.3) is 11.3 Å². The number of hydrogen-bond donors (Lipinski definition) is 0. The van der Waals surface area contributed by atoms with Gasteiger partial charge in [0.1, 0.15) is 11.3 Å². The van der Waals surface area contributed by atoms with Gasteiger partial charge in [-0.3, -0.25) is 4.68 Å². The maximum Gasteiger partial charge on any atom is 0.160 e. The zero-order valence-electron chi connectivity index (χ0n) is 10.4. The van der Waals surface area contributed by atoms with E-state index in [1.165, 1.54) is 0 Å². The van der Waals surface area contributed by atoms with E-state index in [0.717, 1.165) is 29.4 Å². The predicted octanol–water partition coefficient (Wildman–Crippen LogP) is 2.33. The lowest BCUT2D eigenvalue weighted by Crippen LogP contribution is -2.18. The van der Waals surface area contributed by atoms with Gasteiger partial charge in [-0.15, -0.1) is 0 Å². The van der Waals surface area contributed by atoms with E-state index in [2.05, 4.69) is 15.1 Å². The van der Waals surface area contributed by atoms with Crippen molar-refractivity contribution in [2.24, 2.45) is 7.05 Å². The molecule has 1 saturated heterocycles. The van der Waals surface area contributed by atoms with Crippen molar-refractivity contribution >= 4 is 23.4 Å². The molecule has 0 radical (unpaired) electrons. The minimum absolute atomic E-state index is 0.0760.